The predicted molar refractivity (Wildman–Crippen MR) is 115 cm³/mol. The van der Waals surface area contributed by atoms with E-state index >= 15 is 0 Å². The summed E-state index contributed by atoms with van der Waals surface area (Å²) in [6.07, 6.45) is 1.88. The van der Waals surface area contributed by atoms with E-state index in [1.165, 1.54) is 12.1 Å². The fraction of sp³-hybridized carbons (Fsp3) is 0.625. The molecule has 4 aliphatic rings. The topological polar surface area (TPSA) is 100 Å². The highest BCUT2D eigenvalue weighted by Gasteiger charge is 2.58. The standard InChI is InChI=1S/C24H29F3N4O2/c1-22(2,33-12-14-3-5-18(6-4-14)24(25,26)27)21(30-13-28)31-19-16-7-15-8-17(19)11-23(9-15,10-16)20(29)32/h3-6,15-17,19H,7-12H2,1-2H3,(H2,29,32)(H,30,31). The van der Waals surface area contributed by atoms with Crippen molar-refractivity contribution in [1.82, 2.24) is 5.32 Å². The number of nitriles is 1. The zero-order valence-corrected chi connectivity index (χ0v) is 18.8. The van der Waals surface area contributed by atoms with Crippen LogP contribution in [0.1, 0.15) is 57.1 Å². The lowest BCUT2D eigenvalue weighted by Crippen LogP contribution is -2.63. The summed E-state index contributed by atoms with van der Waals surface area (Å²) in [5.41, 5.74) is 4.28. The van der Waals surface area contributed by atoms with Gasteiger partial charge < -0.3 is 15.8 Å². The number of ether oxygens (including phenoxy) is 1. The number of amides is 1. The molecule has 6 nitrogen and oxygen atoms in total. The number of halogens is 3. The Labute approximate surface area is 191 Å². The first kappa shape index (κ1) is 23.6. The molecular formula is C24H29F3N4O2. The minimum atomic E-state index is -4.39. The molecule has 5 rings (SSSR count). The van der Waals surface area contributed by atoms with Gasteiger partial charge >= 0.3 is 6.18 Å². The summed E-state index contributed by atoms with van der Waals surface area (Å²) >= 11 is 0. The number of amidine groups is 1. The second-order valence-electron chi connectivity index (χ2n) is 10.3. The third-order valence-electron chi connectivity index (χ3n) is 7.71. The third-order valence-corrected chi connectivity index (χ3v) is 7.71. The van der Waals surface area contributed by atoms with E-state index in [0.29, 0.717) is 17.3 Å². The van der Waals surface area contributed by atoms with Crippen LogP contribution < -0.4 is 11.1 Å². The van der Waals surface area contributed by atoms with Crippen LogP contribution in [0.15, 0.2) is 29.3 Å². The number of nitrogens with two attached hydrogens (primary N) is 1. The number of rotatable bonds is 6. The second kappa shape index (κ2) is 8.32. The van der Waals surface area contributed by atoms with Crippen molar-refractivity contribution in [2.75, 3.05) is 0 Å². The lowest BCUT2D eigenvalue weighted by Gasteiger charge is -2.59. The summed E-state index contributed by atoms with van der Waals surface area (Å²) in [5.74, 6) is 1.25. The molecule has 2 atom stereocenters. The summed E-state index contributed by atoms with van der Waals surface area (Å²) < 4.78 is 44.4. The van der Waals surface area contributed by atoms with Gasteiger partial charge in [0, 0.05) is 11.5 Å². The van der Waals surface area contributed by atoms with Crippen LogP contribution >= 0.6 is 0 Å². The Morgan fingerprint density at radius 3 is 2.33 bits per heavy atom. The zero-order valence-electron chi connectivity index (χ0n) is 18.8. The maximum atomic E-state index is 12.8. The van der Waals surface area contributed by atoms with Crippen molar-refractivity contribution in [3.8, 4) is 6.19 Å². The fourth-order valence-corrected chi connectivity index (χ4v) is 6.23. The average molecular weight is 463 g/mol. The molecule has 2 unspecified atom stereocenters. The van der Waals surface area contributed by atoms with Crippen LogP contribution in [-0.4, -0.2) is 23.4 Å². The number of hydrogen-bond acceptors (Lipinski definition) is 4. The largest absolute Gasteiger partial charge is 0.416 e. The molecule has 1 aromatic carbocycles. The molecule has 0 aliphatic heterocycles. The molecule has 4 aliphatic carbocycles. The maximum absolute atomic E-state index is 12.8. The summed E-state index contributed by atoms with van der Waals surface area (Å²) in [7, 11) is 0. The number of carbonyl (C=O) groups is 1. The average Bonchev–Trinajstić information content (AvgIpc) is 2.73. The van der Waals surface area contributed by atoms with E-state index in [1.807, 2.05) is 6.19 Å². The quantitative estimate of drug-likeness (QED) is 0.377. The highest BCUT2D eigenvalue weighted by atomic mass is 19.4. The molecule has 33 heavy (non-hydrogen) atoms. The van der Waals surface area contributed by atoms with Crippen LogP contribution in [0, 0.1) is 34.6 Å². The van der Waals surface area contributed by atoms with E-state index in [4.69, 9.17) is 10.5 Å². The number of hydrogen-bond donors (Lipinski definition) is 2. The highest BCUT2D eigenvalue weighted by Crippen LogP contribution is 2.60. The first-order chi connectivity index (χ1) is 15.4. The minimum Gasteiger partial charge on any atom is -0.369 e. The number of carbonyl (C=O) groups excluding carboxylic acids is 1. The molecule has 1 amide bonds. The number of nitrogens with one attached hydrogen (secondary N) is 1. The molecule has 0 saturated heterocycles. The smallest absolute Gasteiger partial charge is 0.369 e. The van der Waals surface area contributed by atoms with Crippen LogP contribution in [0.5, 0.6) is 0 Å². The lowest BCUT2D eigenvalue weighted by molar-refractivity contribution is -0.145. The van der Waals surface area contributed by atoms with Crippen molar-refractivity contribution in [2.24, 2.45) is 33.9 Å². The Kier molecular flexibility index (Phi) is 5.94. The minimum absolute atomic E-state index is 0.0711. The Balaban J connectivity index is 1.45. The van der Waals surface area contributed by atoms with Crippen molar-refractivity contribution >= 4 is 11.7 Å². The van der Waals surface area contributed by atoms with Gasteiger partial charge in [-0.1, -0.05) is 12.1 Å². The van der Waals surface area contributed by atoms with Crippen molar-refractivity contribution < 1.29 is 22.7 Å². The Bertz CT molecular complexity index is 965. The molecule has 9 heteroatoms. The van der Waals surface area contributed by atoms with Gasteiger partial charge in [0.05, 0.1) is 12.2 Å². The number of benzene rings is 1. The van der Waals surface area contributed by atoms with Crippen molar-refractivity contribution in [2.45, 2.75) is 70.4 Å². The van der Waals surface area contributed by atoms with Gasteiger partial charge in [-0.15, -0.1) is 0 Å². The first-order valence-corrected chi connectivity index (χ1v) is 11.3. The number of aliphatic imine (C=N–C) groups is 1. The van der Waals surface area contributed by atoms with Gasteiger partial charge in [-0.25, -0.2) is 0 Å². The first-order valence-electron chi connectivity index (χ1n) is 11.3. The molecular weight excluding hydrogens is 433 g/mol. The second-order valence-corrected chi connectivity index (χ2v) is 10.3. The number of nitrogens with zero attached hydrogens (tertiary/aromatic N) is 2. The van der Waals surface area contributed by atoms with Crippen LogP contribution in [-0.2, 0) is 22.3 Å². The molecule has 1 aromatic rings. The van der Waals surface area contributed by atoms with Gasteiger partial charge in [0.1, 0.15) is 11.4 Å². The van der Waals surface area contributed by atoms with Crippen LogP contribution in [0.25, 0.3) is 0 Å². The molecule has 0 radical (unpaired) electrons. The van der Waals surface area contributed by atoms with E-state index in [-0.39, 0.29) is 30.4 Å². The molecule has 0 spiro atoms. The van der Waals surface area contributed by atoms with E-state index in [1.54, 1.807) is 13.8 Å². The van der Waals surface area contributed by atoms with Crippen LogP contribution in [0.2, 0.25) is 0 Å². The molecule has 178 valence electrons. The van der Waals surface area contributed by atoms with Gasteiger partial charge in [-0.3, -0.25) is 4.79 Å². The lowest BCUT2D eigenvalue weighted by atomic mass is 9.47. The Morgan fingerprint density at radius 1 is 1.21 bits per heavy atom. The predicted octanol–water partition coefficient (Wildman–Crippen LogP) is 4.15. The molecule has 3 N–H and O–H groups in total. The van der Waals surface area contributed by atoms with Gasteiger partial charge in [-0.2, -0.15) is 23.4 Å². The van der Waals surface area contributed by atoms with E-state index < -0.39 is 22.8 Å². The summed E-state index contributed by atoms with van der Waals surface area (Å²) in [5, 5.41) is 12.7. The molecule has 0 heterocycles. The van der Waals surface area contributed by atoms with Crippen LogP contribution in [0.3, 0.4) is 0 Å². The molecule has 4 bridgehead atoms. The Hall–Kier alpha value is -2.60. The van der Waals surface area contributed by atoms with Crippen molar-refractivity contribution in [3.63, 3.8) is 0 Å². The van der Waals surface area contributed by atoms with Gasteiger partial charge in [-0.05, 0) is 81.4 Å². The molecule has 0 aromatic heterocycles. The summed E-state index contributed by atoms with van der Waals surface area (Å²) in [6, 6.07) is 4.90. The number of primary amides is 1. The SMILES string of the molecule is CC(C)(OCc1ccc(C(F)(F)F)cc1)/C(=N\C#N)NC1C2CC3CC1CC(C(N)=O)(C3)C2. The zero-order chi connectivity index (χ0) is 24.0. The van der Waals surface area contributed by atoms with E-state index in [0.717, 1.165) is 44.2 Å². The monoisotopic (exact) mass is 462 g/mol. The molecule has 4 saturated carbocycles. The van der Waals surface area contributed by atoms with E-state index in [2.05, 4.69) is 10.3 Å². The summed E-state index contributed by atoms with van der Waals surface area (Å²) in [4.78, 5) is 16.2. The van der Waals surface area contributed by atoms with Gasteiger partial charge in [0.15, 0.2) is 0 Å². The van der Waals surface area contributed by atoms with Crippen molar-refractivity contribution in [3.05, 3.63) is 35.4 Å². The van der Waals surface area contributed by atoms with Crippen molar-refractivity contribution in [1.29, 1.82) is 5.26 Å². The highest BCUT2D eigenvalue weighted by molar-refractivity contribution is 5.91. The third kappa shape index (κ3) is 4.58. The van der Waals surface area contributed by atoms with E-state index in [9.17, 15) is 23.2 Å². The van der Waals surface area contributed by atoms with Gasteiger partial charge in [0.2, 0.25) is 12.1 Å². The summed E-state index contributed by atoms with van der Waals surface area (Å²) in [6.45, 7) is 3.63. The maximum Gasteiger partial charge on any atom is 0.416 e. The van der Waals surface area contributed by atoms with Gasteiger partial charge in [0.25, 0.3) is 0 Å². The number of alkyl halides is 3. The fourth-order valence-electron chi connectivity index (χ4n) is 6.23. The normalized spacial score (nSPS) is 31.3. The molecule has 4 fully saturated rings. The van der Waals surface area contributed by atoms with Crippen LogP contribution in [0.4, 0.5) is 13.2 Å². The Morgan fingerprint density at radius 2 is 1.82 bits per heavy atom.